The van der Waals surface area contributed by atoms with Crippen LogP contribution in [-0.2, 0) is 11.8 Å². The van der Waals surface area contributed by atoms with Crippen molar-refractivity contribution < 1.29 is 18.7 Å². The summed E-state index contributed by atoms with van der Waals surface area (Å²) in [6.45, 7) is 5.76. The summed E-state index contributed by atoms with van der Waals surface area (Å²) in [7, 11) is 1.96. The number of hydrogen-bond acceptors (Lipinski definition) is 9. The Morgan fingerprint density at radius 2 is 1.97 bits per heavy atom. The third-order valence-corrected chi connectivity index (χ3v) is 5.60. The van der Waals surface area contributed by atoms with Gasteiger partial charge in [0, 0.05) is 18.8 Å². The van der Waals surface area contributed by atoms with Gasteiger partial charge in [0.25, 0.3) is 0 Å². The lowest BCUT2D eigenvalue weighted by molar-refractivity contribution is 0.0519. The van der Waals surface area contributed by atoms with Crippen molar-refractivity contribution >= 4 is 28.5 Å². The minimum absolute atomic E-state index is 0.0855. The van der Waals surface area contributed by atoms with Crippen molar-refractivity contribution in [3.05, 3.63) is 72.3 Å². The van der Waals surface area contributed by atoms with Crippen LogP contribution in [0.15, 0.2) is 59.7 Å². The summed E-state index contributed by atoms with van der Waals surface area (Å²) in [4.78, 5) is 29.3. The van der Waals surface area contributed by atoms with E-state index in [9.17, 15) is 4.79 Å². The molecule has 5 aromatic rings. The molecular formula is C26H24N6O4. The van der Waals surface area contributed by atoms with Crippen LogP contribution in [0.1, 0.15) is 28.7 Å². The molecule has 0 aliphatic carbocycles. The van der Waals surface area contributed by atoms with E-state index in [4.69, 9.17) is 13.9 Å². The quantitative estimate of drug-likeness (QED) is 0.305. The molecule has 0 aliphatic rings. The largest absolute Gasteiger partial charge is 0.461 e. The zero-order valence-corrected chi connectivity index (χ0v) is 20.3. The molecule has 0 atom stereocenters. The highest BCUT2D eigenvalue weighted by atomic mass is 16.5. The molecule has 3 aromatic heterocycles. The summed E-state index contributed by atoms with van der Waals surface area (Å²) >= 11 is 0. The van der Waals surface area contributed by atoms with E-state index in [1.54, 1.807) is 13.3 Å². The zero-order valence-electron chi connectivity index (χ0n) is 20.3. The molecule has 0 spiro atoms. The maximum Gasteiger partial charge on any atom is 0.360 e. The number of imidazole rings is 1. The second kappa shape index (κ2) is 9.49. The number of oxazole rings is 1. The second-order valence-electron chi connectivity index (χ2n) is 8.15. The van der Waals surface area contributed by atoms with Gasteiger partial charge < -0.3 is 23.8 Å². The highest BCUT2D eigenvalue weighted by Gasteiger charge is 2.20. The topological polar surface area (TPSA) is 117 Å². The van der Waals surface area contributed by atoms with Gasteiger partial charge in [-0.3, -0.25) is 0 Å². The van der Waals surface area contributed by atoms with Gasteiger partial charge in [0.15, 0.2) is 5.69 Å². The van der Waals surface area contributed by atoms with Crippen LogP contribution in [0.3, 0.4) is 0 Å². The van der Waals surface area contributed by atoms with Gasteiger partial charge in [-0.25, -0.2) is 24.7 Å². The predicted molar refractivity (Wildman–Crippen MR) is 133 cm³/mol. The molecule has 0 bridgehead atoms. The molecule has 0 aliphatic heterocycles. The fourth-order valence-electron chi connectivity index (χ4n) is 3.80. The van der Waals surface area contributed by atoms with E-state index >= 15 is 0 Å². The van der Waals surface area contributed by atoms with Gasteiger partial charge in [-0.15, -0.1) is 0 Å². The second-order valence-corrected chi connectivity index (χ2v) is 8.15. The molecule has 10 heteroatoms. The van der Waals surface area contributed by atoms with Crippen molar-refractivity contribution in [2.24, 2.45) is 7.05 Å². The molecule has 0 radical (unpaired) electrons. The number of nitrogens with one attached hydrogen (secondary N) is 1. The average molecular weight is 485 g/mol. The molecule has 0 saturated heterocycles. The Hall–Kier alpha value is -4.73. The van der Waals surface area contributed by atoms with Crippen molar-refractivity contribution in [1.29, 1.82) is 0 Å². The molecule has 2 aromatic carbocycles. The fourth-order valence-corrected chi connectivity index (χ4v) is 3.80. The van der Waals surface area contributed by atoms with E-state index < -0.39 is 5.97 Å². The molecule has 3 heterocycles. The van der Waals surface area contributed by atoms with Crippen LogP contribution in [0.25, 0.3) is 22.5 Å². The van der Waals surface area contributed by atoms with Crippen molar-refractivity contribution in [3.63, 3.8) is 0 Å². The summed E-state index contributed by atoms with van der Waals surface area (Å²) < 4.78 is 18.6. The molecule has 36 heavy (non-hydrogen) atoms. The number of aryl methyl sites for hydroxylation is 3. The minimum atomic E-state index is -0.551. The smallest absolute Gasteiger partial charge is 0.360 e. The van der Waals surface area contributed by atoms with Gasteiger partial charge in [-0.1, -0.05) is 0 Å². The van der Waals surface area contributed by atoms with Crippen molar-refractivity contribution in [2.75, 3.05) is 11.9 Å². The molecule has 5 rings (SSSR count). The van der Waals surface area contributed by atoms with Gasteiger partial charge in [0.1, 0.15) is 35.5 Å². The summed E-state index contributed by atoms with van der Waals surface area (Å²) in [6.07, 6.45) is 4.50. The van der Waals surface area contributed by atoms with E-state index in [0.717, 1.165) is 28.0 Å². The molecule has 0 saturated carbocycles. The molecular weight excluding hydrogens is 460 g/mol. The van der Waals surface area contributed by atoms with Gasteiger partial charge >= 0.3 is 5.97 Å². The van der Waals surface area contributed by atoms with Gasteiger partial charge in [0.2, 0.25) is 5.89 Å². The Bertz CT molecular complexity index is 1570. The number of rotatable bonds is 7. The zero-order chi connectivity index (χ0) is 25.2. The standard InChI is InChI=1S/C26H24N6O4/c1-5-34-26(33)20-12-35-25(31-20)23-16(3)27-13-28-24(23)30-17-6-9-22(15(2)10-17)36-18-7-8-21-19(11-18)29-14-32(21)4/h6-14H,5H2,1-4H3,(H,27,28,30). The normalized spacial score (nSPS) is 11.0. The first-order valence-electron chi connectivity index (χ1n) is 11.3. The van der Waals surface area contributed by atoms with E-state index in [1.807, 2.05) is 61.9 Å². The van der Waals surface area contributed by atoms with Gasteiger partial charge in [0.05, 0.1) is 29.7 Å². The SMILES string of the molecule is CCOC(=O)c1coc(-c2c(C)ncnc2Nc2ccc(Oc3ccc4c(c3)ncn4C)c(C)c2)n1. The third kappa shape index (κ3) is 4.48. The lowest BCUT2D eigenvalue weighted by Gasteiger charge is -2.13. The van der Waals surface area contributed by atoms with Crippen molar-refractivity contribution in [2.45, 2.75) is 20.8 Å². The number of fused-ring (bicyclic) bond motifs is 1. The highest BCUT2D eigenvalue weighted by molar-refractivity contribution is 5.88. The number of benzene rings is 2. The number of nitrogens with zero attached hydrogens (tertiary/aromatic N) is 5. The van der Waals surface area contributed by atoms with E-state index in [-0.39, 0.29) is 18.2 Å². The summed E-state index contributed by atoms with van der Waals surface area (Å²) in [6, 6.07) is 11.6. The summed E-state index contributed by atoms with van der Waals surface area (Å²) in [5.74, 6) is 1.60. The Morgan fingerprint density at radius 1 is 1.11 bits per heavy atom. The van der Waals surface area contributed by atoms with Gasteiger partial charge in [-0.05, 0) is 56.7 Å². The maximum absolute atomic E-state index is 12.0. The first-order chi connectivity index (χ1) is 17.4. The Kier molecular flexibility index (Phi) is 6.07. The summed E-state index contributed by atoms with van der Waals surface area (Å²) in [5, 5.41) is 3.30. The van der Waals surface area contributed by atoms with E-state index in [2.05, 4.69) is 25.3 Å². The Balaban J connectivity index is 1.39. The number of carbonyl (C=O) groups is 1. The van der Waals surface area contributed by atoms with Crippen molar-refractivity contribution in [1.82, 2.24) is 24.5 Å². The number of aromatic nitrogens is 5. The predicted octanol–water partition coefficient (Wildman–Crippen LogP) is 5.35. The first-order valence-corrected chi connectivity index (χ1v) is 11.3. The lowest BCUT2D eigenvalue weighted by atomic mass is 10.1. The molecule has 1 N–H and O–H groups in total. The Morgan fingerprint density at radius 3 is 2.78 bits per heavy atom. The van der Waals surface area contributed by atoms with Crippen LogP contribution < -0.4 is 10.1 Å². The van der Waals surface area contributed by atoms with Crippen LogP contribution in [0, 0.1) is 13.8 Å². The highest BCUT2D eigenvalue weighted by Crippen LogP contribution is 2.33. The number of carbonyl (C=O) groups excluding carboxylic acids is 1. The first kappa shape index (κ1) is 23.0. The number of hydrogen-bond donors (Lipinski definition) is 1. The average Bonchev–Trinajstić information content (AvgIpc) is 3.48. The maximum atomic E-state index is 12.0. The van der Waals surface area contributed by atoms with Crippen LogP contribution in [0.2, 0.25) is 0 Å². The molecule has 0 amide bonds. The number of esters is 1. The molecule has 182 valence electrons. The Labute approximate surface area is 207 Å². The third-order valence-electron chi connectivity index (χ3n) is 5.60. The number of ether oxygens (including phenoxy) is 2. The van der Waals surface area contributed by atoms with Gasteiger partial charge in [-0.2, -0.15) is 0 Å². The molecule has 10 nitrogen and oxygen atoms in total. The lowest BCUT2D eigenvalue weighted by Crippen LogP contribution is -2.05. The molecule has 0 fully saturated rings. The van der Waals surface area contributed by atoms with E-state index in [0.29, 0.717) is 22.8 Å². The van der Waals surface area contributed by atoms with Crippen LogP contribution in [-0.4, -0.2) is 37.1 Å². The van der Waals surface area contributed by atoms with E-state index in [1.165, 1.54) is 12.6 Å². The van der Waals surface area contributed by atoms with Crippen LogP contribution in [0.4, 0.5) is 11.5 Å². The van der Waals surface area contributed by atoms with Crippen molar-refractivity contribution in [3.8, 4) is 23.0 Å². The monoisotopic (exact) mass is 484 g/mol. The number of anilines is 2. The van der Waals surface area contributed by atoms with Crippen LogP contribution in [0.5, 0.6) is 11.5 Å². The fraction of sp³-hybridized carbons (Fsp3) is 0.192. The molecule has 0 unspecified atom stereocenters. The minimum Gasteiger partial charge on any atom is -0.461 e. The van der Waals surface area contributed by atoms with Crippen LogP contribution >= 0.6 is 0 Å². The summed E-state index contributed by atoms with van der Waals surface area (Å²) in [5.41, 5.74) is 4.90.